The summed E-state index contributed by atoms with van der Waals surface area (Å²) in [4.78, 5) is 25.6. The predicted octanol–water partition coefficient (Wildman–Crippen LogP) is 5.82. The minimum absolute atomic E-state index is 0.0377. The lowest BCUT2D eigenvalue weighted by molar-refractivity contribution is -0.112. The second-order valence-electron chi connectivity index (χ2n) is 8.91. The zero-order chi connectivity index (χ0) is 26.6. The molecule has 0 saturated carbocycles. The summed E-state index contributed by atoms with van der Waals surface area (Å²) in [5.41, 5.74) is 6.77. The first kappa shape index (κ1) is 26.1. The maximum atomic E-state index is 12.9. The van der Waals surface area contributed by atoms with E-state index in [0.717, 1.165) is 3.57 Å². The molecule has 3 aromatic carbocycles. The third-order valence-corrected chi connectivity index (χ3v) is 6.35. The lowest BCUT2D eigenvalue weighted by Gasteiger charge is -2.32. The van der Waals surface area contributed by atoms with Crippen LogP contribution in [0.2, 0.25) is 0 Å². The molecule has 0 bridgehead atoms. The molecule has 2 amide bonds. The van der Waals surface area contributed by atoms with Crippen molar-refractivity contribution in [2.24, 2.45) is 5.41 Å². The van der Waals surface area contributed by atoms with Gasteiger partial charge in [0.2, 0.25) is 12.7 Å². The van der Waals surface area contributed by atoms with Gasteiger partial charge in [0.25, 0.3) is 0 Å². The molecule has 4 rings (SSSR count). The number of rotatable bonds is 7. The maximum Gasteiger partial charge on any atom is 0.412 e. The van der Waals surface area contributed by atoms with E-state index in [-0.39, 0.29) is 12.5 Å². The van der Waals surface area contributed by atoms with Crippen LogP contribution in [-0.2, 0) is 9.53 Å². The first-order chi connectivity index (χ1) is 17.6. The highest BCUT2D eigenvalue weighted by Crippen LogP contribution is 2.42. The molecule has 0 spiro atoms. The van der Waals surface area contributed by atoms with Gasteiger partial charge in [0.05, 0.1) is 11.4 Å². The maximum absolute atomic E-state index is 12.9. The Bertz CT molecular complexity index is 1360. The number of aromatic hydroxyl groups is 1. The standard InChI is InChI=1S/C27H26IN3O6/c1-27(2,12-11-24(33)31-20-6-4-3-5-19(20)29)25(18-13-16(28)7-9-21(18)32)37-26(34)30-17-8-10-22-23(14-17)36-15-35-22/h3-14,25,32H,15,29H2,1-2H3,(H,30,34)(H,31,33)/b12-11+/t25-/m1/s1. The van der Waals surface area contributed by atoms with Gasteiger partial charge in [-0.15, -0.1) is 0 Å². The number of carbonyl (C=O) groups is 2. The van der Waals surface area contributed by atoms with Crippen molar-refractivity contribution >= 4 is 51.7 Å². The molecule has 192 valence electrons. The van der Waals surface area contributed by atoms with Crippen LogP contribution < -0.4 is 25.8 Å². The molecule has 0 unspecified atom stereocenters. The van der Waals surface area contributed by atoms with Crippen LogP contribution in [-0.4, -0.2) is 23.9 Å². The van der Waals surface area contributed by atoms with Gasteiger partial charge >= 0.3 is 6.09 Å². The second kappa shape index (κ2) is 11.0. The van der Waals surface area contributed by atoms with E-state index in [9.17, 15) is 14.7 Å². The number of phenolic OH excluding ortho intramolecular Hbond substituents is 1. The lowest BCUT2D eigenvalue weighted by atomic mass is 9.81. The van der Waals surface area contributed by atoms with Crippen LogP contribution in [0, 0.1) is 8.99 Å². The molecule has 37 heavy (non-hydrogen) atoms. The molecule has 10 heteroatoms. The first-order valence-electron chi connectivity index (χ1n) is 11.3. The van der Waals surface area contributed by atoms with Crippen molar-refractivity contribution in [3.63, 3.8) is 0 Å². The Morgan fingerprint density at radius 3 is 2.62 bits per heavy atom. The van der Waals surface area contributed by atoms with Crippen molar-refractivity contribution in [1.29, 1.82) is 0 Å². The Kier molecular flexibility index (Phi) is 7.77. The molecule has 0 aliphatic carbocycles. The molecule has 1 atom stereocenters. The number of benzene rings is 3. The molecule has 0 fully saturated rings. The van der Waals surface area contributed by atoms with Gasteiger partial charge in [-0.2, -0.15) is 0 Å². The molecule has 3 aromatic rings. The summed E-state index contributed by atoms with van der Waals surface area (Å²) in [6.45, 7) is 3.71. The molecule has 0 radical (unpaired) electrons. The number of hydrogen-bond acceptors (Lipinski definition) is 7. The van der Waals surface area contributed by atoms with E-state index in [1.54, 1.807) is 74.5 Å². The average Bonchev–Trinajstić information content (AvgIpc) is 3.32. The molecule has 1 aliphatic heterocycles. The van der Waals surface area contributed by atoms with E-state index in [1.807, 2.05) is 0 Å². The van der Waals surface area contributed by atoms with Crippen LogP contribution >= 0.6 is 22.6 Å². The van der Waals surface area contributed by atoms with E-state index in [2.05, 4.69) is 33.2 Å². The number of nitrogens with two attached hydrogens (primary N) is 1. The van der Waals surface area contributed by atoms with E-state index in [1.165, 1.54) is 12.1 Å². The highest BCUT2D eigenvalue weighted by molar-refractivity contribution is 14.1. The van der Waals surface area contributed by atoms with Gasteiger partial charge < -0.3 is 30.4 Å². The van der Waals surface area contributed by atoms with Crippen molar-refractivity contribution in [3.8, 4) is 17.2 Å². The van der Waals surface area contributed by atoms with Gasteiger partial charge in [0.15, 0.2) is 11.5 Å². The van der Waals surface area contributed by atoms with E-state index < -0.39 is 23.5 Å². The monoisotopic (exact) mass is 615 g/mol. The van der Waals surface area contributed by atoms with Gasteiger partial charge in [-0.1, -0.05) is 32.1 Å². The number of nitrogens with one attached hydrogen (secondary N) is 2. The van der Waals surface area contributed by atoms with Crippen LogP contribution in [0.25, 0.3) is 0 Å². The largest absolute Gasteiger partial charge is 0.508 e. The van der Waals surface area contributed by atoms with E-state index in [0.29, 0.717) is 34.1 Å². The molecule has 1 heterocycles. The highest BCUT2D eigenvalue weighted by Gasteiger charge is 2.35. The van der Waals surface area contributed by atoms with Gasteiger partial charge in [-0.05, 0) is 71.1 Å². The fraction of sp³-hybridized carbons (Fsp3) is 0.185. The topological polar surface area (TPSA) is 132 Å². The van der Waals surface area contributed by atoms with Crippen LogP contribution in [0.15, 0.2) is 72.8 Å². The summed E-state index contributed by atoms with van der Waals surface area (Å²) in [5.74, 6) is 0.658. The van der Waals surface area contributed by atoms with Gasteiger partial charge in [0, 0.05) is 26.3 Å². The van der Waals surface area contributed by atoms with Crippen molar-refractivity contribution in [1.82, 2.24) is 0 Å². The fourth-order valence-corrected chi connectivity index (χ4v) is 4.26. The number of para-hydroxylation sites is 2. The number of fused-ring (bicyclic) bond motifs is 1. The zero-order valence-corrected chi connectivity index (χ0v) is 22.3. The number of phenols is 1. The molecular weight excluding hydrogens is 589 g/mol. The number of halogens is 1. The highest BCUT2D eigenvalue weighted by atomic mass is 127. The number of ether oxygens (including phenoxy) is 3. The summed E-state index contributed by atoms with van der Waals surface area (Å²) in [5, 5.41) is 16.0. The SMILES string of the molecule is CC(C)(/C=C/C(=O)Nc1ccccc1N)[C@H](OC(=O)Nc1ccc2c(c1)OCO2)c1cc(I)ccc1O. The van der Waals surface area contributed by atoms with Gasteiger partial charge in [-0.3, -0.25) is 10.1 Å². The Labute approximate surface area is 227 Å². The number of carbonyl (C=O) groups excluding carboxylic acids is 2. The van der Waals surface area contributed by atoms with Crippen LogP contribution in [0.5, 0.6) is 17.2 Å². The van der Waals surface area contributed by atoms with E-state index in [4.69, 9.17) is 19.9 Å². The van der Waals surface area contributed by atoms with Crippen molar-refractivity contribution in [3.05, 3.63) is 81.9 Å². The molecular formula is C27H26IN3O6. The zero-order valence-electron chi connectivity index (χ0n) is 20.2. The lowest BCUT2D eigenvalue weighted by Crippen LogP contribution is -2.28. The molecule has 1 aliphatic rings. The quantitative estimate of drug-likeness (QED) is 0.150. The first-order valence-corrected chi connectivity index (χ1v) is 12.4. The Morgan fingerprint density at radius 2 is 1.84 bits per heavy atom. The van der Waals surface area contributed by atoms with Gasteiger partial charge in [-0.25, -0.2) is 4.79 Å². The normalized spacial score (nSPS) is 13.3. The Balaban J connectivity index is 1.55. The average molecular weight is 615 g/mol. The summed E-state index contributed by atoms with van der Waals surface area (Å²) in [7, 11) is 0. The minimum Gasteiger partial charge on any atom is -0.508 e. The van der Waals surface area contributed by atoms with Crippen molar-refractivity contribution in [2.75, 3.05) is 23.2 Å². The van der Waals surface area contributed by atoms with Crippen LogP contribution in [0.4, 0.5) is 21.9 Å². The van der Waals surface area contributed by atoms with Crippen molar-refractivity contribution < 1.29 is 28.9 Å². The van der Waals surface area contributed by atoms with Crippen molar-refractivity contribution in [2.45, 2.75) is 20.0 Å². The Morgan fingerprint density at radius 1 is 1.08 bits per heavy atom. The summed E-state index contributed by atoms with van der Waals surface area (Å²) in [6, 6.07) is 16.9. The summed E-state index contributed by atoms with van der Waals surface area (Å²) >= 11 is 2.11. The summed E-state index contributed by atoms with van der Waals surface area (Å²) < 4.78 is 17.3. The number of anilines is 3. The molecule has 5 N–H and O–H groups in total. The smallest absolute Gasteiger partial charge is 0.412 e. The third kappa shape index (κ3) is 6.45. The summed E-state index contributed by atoms with van der Waals surface area (Å²) in [6.07, 6.45) is 1.29. The predicted molar refractivity (Wildman–Crippen MR) is 149 cm³/mol. The number of nitrogen functional groups attached to an aromatic ring is 1. The fourth-order valence-electron chi connectivity index (χ4n) is 3.74. The number of amides is 2. The number of hydrogen-bond donors (Lipinski definition) is 4. The van der Waals surface area contributed by atoms with Gasteiger partial charge in [0.1, 0.15) is 11.9 Å². The Hall–Kier alpha value is -3.93. The molecule has 9 nitrogen and oxygen atoms in total. The third-order valence-electron chi connectivity index (χ3n) is 5.67. The van der Waals surface area contributed by atoms with E-state index >= 15 is 0 Å². The van der Waals surface area contributed by atoms with Crippen LogP contribution in [0.1, 0.15) is 25.5 Å². The minimum atomic E-state index is -0.943. The molecule has 0 saturated heterocycles. The van der Waals surface area contributed by atoms with Crippen LogP contribution in [0.3, 0.4) is 0 Å². The second-order valence-corrected chi connectivity index (χ2v) is 10.2. The molecule has 0 aromatic heterocycles.